The van der Waals surface area contributed by atoms with E-state index < -0.39 is 29.2 Å². The third-order valence-corrected chi connectivity index (χ3v) is 8.86. The van der Waals surface area contributed by atoms with Gasteiger partial charge in [0.2, 0.25) is 0 Å². The van der Waals surface area contributed by atoms with E-state index >= 15 is 0 Å². The maximum atomic E-state index is 14.7. The van der Waals surface area contributed by atoms with E-state index in [0.717, 1.165) is 0 Å². The normalized spacial score (nSPS) is 21.2. The molecule has 0 bridgehead atoms. The molecule has 1 saturated heterocycles. The van der Waals surface area contributed by atoms with Gasteiger partial charge in [-0.3, -0.25) is 14.4 Å². The van der Waals surface area contributed by atoms with Crippen molar-refractivity contribution in [3.05, 3.63) is 131 Å². The van der Waals surface area contributed by atoms with Gasteiger partial charge in [0, 0.05) is 33.9 Å². The first-order valence-electron chi connectivity index (χ1n) is 13.7. The van der Waals surface area contributed by atoms with Crippen molar-refractivity contribution in [1.82, 2.24) is 0 Å². The molecule has 1 aliphatic carbocycles. The number of Topliss-reactive ketones (excluding diaryl/α,β-unsaturated/α-hetero) is 3. The highest BCUT2D eigenvalue weighted by Crippen LogP contribution is 2.61. The summed E-state index contributed by atoms with van der Waals surface area (Å²) in [5.74, 6) is -1.11. The Morgan fingerprint density at radius 1 is 0.810 bits per heavy atom. The quantitative estimate of drug-likeness (QED) is 0.216. The Morgan fingerprint density at radius 2 is 1.50 bits per heavy atom. The number of rotatable bonds is 5. The molecule has 2 heterocycles. The van der Waals surface area contributed by atoms with Crippen molar-refractivity contribution < 1.29 is 28.2 Å². The van der Waals surface area contributed by atoms with Gasteiger partial charge in [0.05, 0.1) is 20.3 Å². The number of hydrogen-bond donors (Lipinski definition) is 0. The molecule has 4 aromatic rings. The summed E-state index contributed by atoms with van der Waals surface area (Å²) in [7, 11) is 3.08. The van der Waals surface area contributed by atoms with Gasteiger partial charge in [0.1, 0.15) is 28.8 Å². The molecule has 0 unspecified atom stereocenters. The summed E-state index contributed by atoms with van der Waals surface area (Å²) in [4.78, 5) is 45.9. The molecule has 208 valence electrons. The Bertz CT molecular complexity index is 1780. The van der Waals surface area contributed by atoms with Gasteiger partial charge in [0.25, 0.3) is 0 Å². The summed E-state index contributed by atoms with van der Waals surface area (Å²) in [6.07, 6.45) is 3.52. The lowest BCUT2D eigenvalue weighted by molar-refractivity contribution is 0.0666. The van der Waals surface area contributed by atoms with E-state index in [-0.39, 0.29) is 17.3 Å². The third-order valence-electron chi connectivity index (χ3n) is 8.86. The minimum absolute atomic E-state index is 0.279. The summed E-state index contributed by atoms with van der Waals surface area (Å²) < 4.78 is 25.2. The monoisotopic (exact) mass is 559 g/mol. The third kappa shape index (κ3) is 3.46. The standard InChI is InChI=1S/C35H26FNO5/c1-41-24-14-10-20(11-15-24)30-31(32(38)22-6-5-7-25(19-22)42-2)37-28-16-13-23(36)18-21(28)12-17-29(37)35(30)33(39)26-8-3-4-9-27(26)34(35)40/h3-19,29-31H,1-2H3/t29-,30+,31-/m0/s1. The molecular formula is C35H26FNO5. The Morgan fingerprint density at radius 3 is 2.17 bits per heavy atom. The van der Waals surface area contributed by atoms with Crippen molar-refractivity contribution in [1.29, 1.82) is 0 Å². The van der Waals surface area contributed by atoms with Crippen LogP contribution in [0.25, 0.3) is 6.08 Å². The Kier molecular flexibility index (Phi) is 5.87. The number of nitrogens with zero attached hydrogens (tertiary/aromatic N) is 1. The van der Waals surface area contributed by atoms with Crippen LogP contribution in [0.2, 0.25) is 0 Å². The summed E-state index contributed by atoms with van der Waals surface area (Å²) >= 11 is 0. The van der Waals surface area contributed by atoms with Crippen LogP contribution in [-0.2, 0) is 0 Å². The smallest absolute Gasteiger partial charge is 0.186 e. The van der Waals surface area contributed by atoms with Crippen LogP contribution in [0.1, 0.15) is 48.1 Å². The molecule has 4 aromatic carbocycles. The fourth-order valence-corrected chi connectivity index (χ4v) is 7.08. The largest absolute Gasteiger partial charge is 0.497 e. The molecule has 0 aromatic heterocycles. The number of ether oxygens (including phenoxy) is 2. The minimum Gasteiger partial charge on any atom is -0.497 e. The molecule has 0 saturated carbocycles. The fourth-order valence-electron chi connectivity index (χ4n) is 7.08. The number of carbonyl (C=O) groups is 3. The first kappa shape index (κ1) is 25.9. The lowest BCUT2D eigenvalue weighted by atomic mass is 9.64. The second kappa shape index (κ2) is 9.52. The topological polar surface area (TPSA) is 72.9 Å². The molecule has 0 radical (unpaired) electrons. The lowest BCUT2D eigenvalue weighted by Crippen LogP contribution is -2.48. The van der Waals surface area contributed by atoms with Crippen LogP contribution in [0.3, 0.4) is 0 Å². The number of halogens is 1. The predicted molar refractivity (Wildman–Crippen MR) is 156 cm³/mol. The maximum Gasteiger partial charge on any atom is 0.186 e. The van der Waals surface area contributed by atoms with Crippen molar-refractivity contribution in [2.45, 2.75) is 18.0 Å². The zero-order valence-electron chi connectivity index (χ0n) is 22.9. The zero-order valence-corrected chi connectivity index (χ0v) is 22.9. The van der Waals surface area contributed by atoms with E-state index in [9.17, 15) is 18.8 Å². The number of ketones is 3. The van der Waals surface area contributed by atoms with Crippen LogP contribution < -0.4 is 14.4 Å². The Labute approximate surface area is 242 Å². The van der Waals surface area contributed by atoms with Gasteiger partial charge < -0.3 is 14.4 Å². The van der Waals surface area contributed by atoms with Gasteiger partial charge in [-0.05, 0) is 48.0 Å². The number of fused-ring (bicyclic) bond motifs is 5. The van der Waals surface area contributed by atoms with Gasteiger partial charge in [-0.2, -0.15) is 0 Å². The molecule has 2 aliphatic heterocycles. The van der Waals surface area contributed by atoms with Gasteiger partial charge >= 0.3 is 0 Å². The van der Waals surface area contributed by atoms with Crippen molar-refractivity contribution >= 4 is 29.1 Å². The minimum atomic E-state index is -1.64. The number of anilines is 1. The molecule has 6 nitrogen and oxygen atoms in total. The van der Waals surface area contributed by atoms with Gasteiger partial charge in [-0.25, -0.2) is 4.39 Å². The van der Waals surface area contributed by atoms with Gasteiger partial charge in [-0.1, -0.05) is 60.7 Å². The molecule has 0 amide bonds. The molecule has 42 heavy (non-hydrogen) atoms. The molecule has 1 fully saturated rings. The molecule has 7 rings (SSSR count). The second-order valence-corrected chi connectivity index (χ2v) is 10.8. The highest BCUT2D eigenvalue weighted by atomic mass is 19.1. The van der Waals surface area contributed by atoms with Gasteiger partial charge in [0.15, 0.2) is 17.3 Å². The number of benzene rings is 4. The van der Waals surface area contributed by atoms with Crippen molar-refractivity contribution in [2.24, 2.45) is 5.41 Å². The van der Waals surface area contributed by atoms with Crippen molar-refractivity contribution in [3.63, 3.8) is 0 Å². The second-order valence-electron chi connectivity index (χ2n) is 10.8. The zero-order chi connectivity index (χ0) is 29.2. The SMILES string of the molecule is COc1ccc([C@@H]2[C@@H](C(=O)c3cccc(OC)c3)N3c4ccc(F)cc4C=C[C@H]3C23C(=O)c2ccccc2C3=O)cc1. The van der Waals surface area contributed by atoms with Crippen LogP contribution in [0, 0.1) is 11.2 Å². The maximum absolute atomic E-state index is 14.7. The highest BCUT2D eigenvalue weighted by Gasteiger charge is 2.71. The van der Waals surface area contributed by atoms with E-state index in [2.05, 4.69) is 0 Å². The van der Waals surface area contributed by atoms with E-state index in [1.54, 1.807) is 86.0 Å². The van der Waals surface area contributed by atoms with Crippen LogP contribution in [0.4, 0.5) is 10.1 Å². The van der Waals surface area contributed by atoms with Crippen LogP contribution in [-0.4, -0.2) is 43.7 Å². The Hall–Kier alpha value is -5.04. The number of hydrogen-bond acceptors (Lipinski definition) is 6. The first-order valence-corrected chi connectivity index (χ1v) is 13.7. The van der Waals surface area contributed by atoms with Gasteiger partial charge in [-0.15, -0.1) is 0 Å². The average molecular weight is 560 g/mol. The molecule has 1 spiro atoms. The summed E-state index contributed by atoms with van der Waals surface area (Å²) in [5.41, 5.74) is 1.22. The first-order chi connectivity index (χ1) is 20.4. The van der Waals surface area contributed by atoms with Crippen molar-refractivity contribution in [3.8, 4) is 11.5 Å². The lowest BCUT2D eigenvalue weighted by Gasteiger charge is -2.37. The number of methoxy groups -OCH3 is 2. The number of carbonyl (C=O) groups excluding carboxylic acids is 3. The molecule has 3 aliphatic rings. The van der Waals surface area contributed by atoms with E-state index in [0.29, 0.717) is 45.0 Å². The van der Waals surface area contributed by atoms with Crippen LogP contribution in [0.5, 0.6) is 11.5 Å². The van der Waals surface area contributed by atoms with E-state index in [4.69, 9.17) is 9.47 Å². The van der Waals surface area contributed by atoms with Crippen LogP contribution >= 0.6 is 0 Å². The predicted octanol–water partition coefficient (Wildman–Crippen LogP) is 6.16. The average Bonchev–Trinajstić information content (AvgIpc) is 3.46. The van der Waals surface area contributed by atoms with Crippen molar-refractivity contribution in [2.75, 3.05) is 19.1 Å². The van der Waals surface area contributed by atoms with E-state index in [1.807, 2.05) is 17.0 Å². The molecule has 0 N–H and O–H groups in total. The summed E-state index contributed by atoms with van der Waals surface area (Å²) in [5, 5.41) is 0. The Balaban J connectivity index is 1.53. The molecule has 7 heteroatoms. The van der Waals surface area contributed by atoms with E-state index in [1.165, 1.54) is 19.2 Å². The van der Waals surface area contributed by atoms with Crippen LogP contribution in [0.15, 0.2) is 97.1 Å². The fraction of sp³-hybridized carbons (Fsp3) is 0.171. The summed E-state index contributed by atoms with van der Waals surface area (Å²) in [6.45, 7) is 0. The summed E-state index contributed by atoms with van der Waals surface area (Å²) in [6, 6.07) is 23.4. The molecular weight excluding hydrogens is 533 g/mol. The highest BCUT2D eigenvalue weighted by molar-refractivity contribution is 6.32. The molecule has 3 atom stereocenters.